The molecule has 0 saturated carbocycles. The second-order valence-electron chi connectivity index (χ2n) is 5.58. The largest absolute Gasteiger partial charge is 0.508 e. The van der Waals surface area contributed by atoms with Crippen molar-refractivity contribution < 1.29 is 28.2 Å². The number of methoxy groups -OCH3 is 1. The summed E-state index contributed by atoms with van der Waals surface area (Å²) in [5.74, 6) is -3.93. The zero-order chi connectivity index (χ0) is 19.7. The molecule has 3 rings (SSSR count). The Hall–Kier alpha value is -3.42. The normalized spacial score (nSPS) is 10.8. The molecule has 0 atom stereocenters. The van der Waals surface area contributed by atoms with E-state index in [1.54, 1.807) is 6.92 Å². The molecule has 8 heteroatoms. The number of hydrogen-bond donors (Lipinski definition) is 1. The van der Waals surface area contributed by atoms with Crippen molar-refractivity contribution in [3.05, 3.63) is 63.9 Å². The van der Waals surface area contributed by atoms with Crippen LogP contribution in [0.4, 0.5) is 8.78 Å². The minimum Gasteiger partial charge on any atom is -0.508 e. The predicted octanol–water partition coefficient (Wildman–Crippen LogP) is 3.16. The van der Waals surface area contributed by atoms with E-state index < -0.39 is 28.8 Å². The second-order valence-corrected chi connectivity index (χ2v) is 5.58. The summed E-state index contributed by atoms with van der Waals surface area (Å²) in [6.07, 6.45) is 1.18. The number of fused-ring (bicyclic) bond motifs is 1. The van der Waals surface area contributed by atoms with Crippen LogP contribution < -0.4 is 10.2 Å². The van der Waals surface area contributed by atoms with Gasteiger partial charge in [-0.15, -0.1) is 0 Å². The number of phenols is 1. The average molecular weight is 375 g/mol. The molecule has 140 valence electrons. The number of phenolic OH excluding ortho intramolecular Hbond substituents is 1. The van der Waals surface area contributed by atoms with Crippen molar-refractivity contribution in [1.82, 2.24) is 4.57 Å². The molecule has 0 unspecified atom stereocenters. The van der Waals surface area contributed by atoms with Gasteiger partial charge >= 0.3 is 5.97 Å². The number of benzene rings is 2. The van der Waals surface area contributed by atoms with Gasteiger partial charge in [0.25, 0.3) is 0 Å². The molecule has 3 aromatic rings. The quantitative estimate of drug-likeness (QED) is 0.709. The molecule has 2 aromatic carbocycles. The highest BCUT2D eigenvalue weighted by Gasteiger charge is 2.24. The zero-order valence-electron chi connectivity index (χ0n) is 14.5. The summed E-state index contributed by atoms with van der Waals surface area (Å²) < 4.78 is 39.4. The van der Waals surface area contributed by atoms with Gasteiger partial charge in [-0.3, -0.25) is 4.79 Å². The van der Waals surface area contributed by atoms with E-state index in [1.807, 2.05) is 0 Å². The molecule has 0 aliphatic carbocycles. The van der Waals surface area contributed by atoms with Crippen LogP contribution in [0.5, 0.6) is 11.5 Å². The van der Waals surface area contributed by atoms with Crippen molar-refractivity contribution in [2.45, 2.75) is 6.92 Å². The number of carbonyl (C=O) groups excluding carboxylic acids is 1. The fourth-order valence-corrected chi connectivity index (χ4v) is 2.76. The minimum atomic E-state index is -1.28. The van der Waals surface area contributed by atoms with Gasteiger partial charge in [-0.2, -0.15) is 4.39 Å². The molecule has 0 aliphatic rings. The van der Waals surface area contributed by atoms with Gasteiger partial charge in [-0.1, -0.05) is 0 Å². The summed E-state index contributed by atoms with van der Waals surface area (Å²) in [5, 5.41) is 9.24. The first-order valence-electron chi connectivity index (χ1n) is 7.96. The number of pyridine rings is 1. The molecule has 0 radical (unpaired) electrons. The van der Waals surface area contributed by atoms with E-state index in [4.69, 9.17) is 9.47 Å². The molecular weight excluding hydrogens is 360 g/mol. The number of ether oxygens (including phenoxy) is 2. The van der Waals surface area contributed by atoms with Crippen LogP contribution in [0.15, 0.2) is 41.3 Å². The van der Waals surface area contributed by atoms with Gasteiger partial charge in [0, 0.05) is 11.9 Å². The predicted molar refractivity (Wildman–Crippen MR) is 93.6 cm³/mol. The number of halogens is 2. The number of carbonyl (C=O) groups is 1. The molecule has 0 amide bonds. The van der Waals surface area contributed by atoms with E-state index in [0.29, 0.717) is 5.69 Å². The standard InChI is InChI=1S/C19H15F2NO5/c1-3-27-19(25)13-9-22(10-4-6-11(23)7-5-10)16-12(17(13)24)8-14(20)15(21)18(16)26-2/h4-9,23H,3H2,1-2H3. The lowest BCUT2D eigenvalue weighted by Gasteiger charge is -2.16. The Bertz CT molecular complexity index is 1090. The zero-order valence-corrected chi connectivity index (χ0v) is 14.5. The fraction of sp³-hybridized carbons (Fsp3) is 0.158. The Balaban J connectivity index is 2.48. The van der Waals surface area contributed by atoms with Crippen molar-refractivity contribution in [2.75, 3.05) is 13.7 Å². The molecule has 0 fully saturated rings. The van der Waals surface area contributed by atoms with Crippen LogP contribution in [0.1, 0.15) is 17.3 Å². The van der Waals surface area contributed by atoms with Gasteiger partial charge in [-0.05, 0) is 37.3 Å². The first-order chi connectivity index (χ1) is 12.9. The Morgan fingerprint density at radius 2 is 1.89 bits per heavy atom. The molecule has 0 spiro atoms. The number of hydrogen-bond acceptors (Lipinski definition) is 5. The van der Waals surface area contributed by atoms with Crippen molar-refractivity contribution in [1.29, 1.82) is 0 Å². The highest BCUT2D eigenvalue weighted by molar-refractivity contribution is 5.96. The monoisotopic (exact) mass is 375 g/mol. The topological polar surface area (TPSA) is 77.8 Å². The number of rotatable bonds is 4. The first-order valence-corrected chi connectivity index (χ1v) is 7.96. The van der Waals surface area contributed by atoms with Crippen molar-refractivity contribution in [2.24, 2.45) is 0 Å². The maximum absolute atomic E-state index is 14.3. The Kier molecular flexibility index (Phi) is 4.81. The number of esters is 1. The third-order valence-electron chi connectivity index (χ3n) is 3.97. The first kappa shape index (κ1) is 18.4. The lowest BCUT2D eigenvalue weighted by atomic mass is 10.1. The van der Waals surface area contributed by atoms with Crippen molar-refractivity contribution in [3.8, 4) is 17.2 Å². The van der Waals surface area contributed by atoms with Crippen LogP contribution in [0.25, 0.3) is 16.6 Å². The molecule has 27 heavy (non-hydrogen) atoms. The second kappa shape index (κ2) is 7.06. The highest BCUT2D eigenvalue weighted by Crippen LogP contribution is 2.32. The Morgan fingerprint density at radius 1 is 1.22 bits per heavy atom. The maximum Gasteiger partial charge on any atom is 0.343 e. The summed E-state index contributed by atoms with van der Waals surface area (Å²) in [7, 11) is 1.14. The van der Waals surface area contributed by atoms with Crippen LogP contribution in [-0.4, -0.2) is 29.4 Å². The van der Waals surface area contributed by atoms with E-state index >= 15 is 0 Å². The van der Waals surface area contributed by atoms with E-state index in [1.165, 1.54) is 35.0 Å². The lowest BCUT2D eigenvalue weighted by Crippen LogP contribution is -2.21. The summed E-state index contributed by atoms with van der Waals surface area (Å²) in [5.41, 5.74) is -0.825. The van der Waals surface area contributed by atoms with Crippen LogP contribution in [0.3, 0.4) is 0 Å². The molecule has 1 heterocycles. The summed E-state index contributed by atoms with van der Waals surface area (Å²) >= 11 is 0. The van der Waals surface area contributed by atoms with Crippen LogP contribution in [0, 0.1) is 11.6 Å². The molecule has 6 nitrogen and oxygen atoms in total. The minimum absolute atomic E-state index is 0.0149. The van der Waals surface area contributed by atoms with Gasteiger partial charge < -0.3 is 19.1 Å². The number of nitrogens with zero attached hydrogens (tertiary/aromatic N) is 1. The average Bonchev–Trinajstić information content (AvgIpc) is 2.65. The Morgan fingerprint density at radius 3 is 2.48 bits per heavy atom. The van der Waals surface area contributed by atoms with E-state index in [9.17, 15) is 23.5 Å². The maximum atomic E-state index is 14.3. The van der Waals surface area contributed by atoms with Gasteiger partial charge in [-0.25, -0.2) is 9.18 Å². The van der Waals surface area contributed by atoms with Gasteiger partial charge in [0.15, 0.2) is 11.6 Å². The third kappa shape index (κ3) is 3.10. The molecule has 0 bridgehead atoms. The smallest absolute Gasteiger partial charge is 0.343 e. The summed E-state index contributed by atoms with van der Waals surface area (Å²) in [6.45, 7) is 1.62. The molecule has 1 N–H and O–H groups in total. The highest BCUT2D eigenvalue weighted by atomic mass is 19.2. The number of aromatic nitrogens is 1. The van der Waals surface area contributed by atoms with Gasteiger partial charge in [0.1, 0.15) is 16.8 Å². The summed E-state index contributed by atoms with van der Waals surface area (Å²) in [4.78, 5) is 24.9. The van der Waals surface area contributed by atoms with Gasteiger partial charge in [0.05, 0.1) is 19.1 Å². The van der Waals surface area contributed by atoms with E-state index in [0.717, 1.165) is 13.2 Å². The lowest BCUT2D eigenvalue weighted by molar-refractivity contribution is 0.0524. The van der Waals surface area contributed by atoms with Crippen molar-refractivity contribution in [3.63, 3.8) is 0 Å². The number of aromatic hydroxyl groups is 1. The molecule has 0 saturated heterocycles. The van der Waals surface area contributed by atoms with Crippen LogP contribution >= 0.6 is 0 Å². The van der Waals surface area contributed by atoms with Gasteiger partial charge in [0.2, 0.25) is 11.2 Å². The van der Waals surface area contributed by atoms with Crippen LogP contribution in [0.2, 0.25) is 0 Å². The SMILES string of the molecule is CCOC(=O)c1cn(-c2ccc(O)cc2)c2c(OC)c(F)c(F)cc2c1=O. The summed E-state index contributed by atoms with van der Waals surface area (Å²) in [6, 6.07) is 6.42. The van der Waals surface area contributed by atoms with Crippen LogP contribution in [-0.2, 0) is 4.74 Å². The molecular formula is C19H15F2NO5. The third-order valence-corrected chi connectivity index (χ3v) is 3.97. The fourth-order valence-electron chi connectivity index (χ4n) is 2.76. The van der Waals surface area contributed by atoms with E-state index in [2.05, 4.69) is 0 Å². The van der Waals surface area contributed by atoms with Crippen molar-refractivity contribution >= 4 is 16.9 Å². The van der Waals surface area contributed by atoms with E-state index in [-0.39, 0.29) is 28.8 Å². The molecule has 1 aromatic heterocycles. The molecule has 0 aliphatic heterocycles. The Labute approximate surface area is 152 Å².